The summed E-state index contributed by atoms with van der Waals surface area (Å²) in [4.78, 5) is 6.14. The maximum absolute atomic E-state index is 7.14. The van der Waals surface area contributed by atoms with Crippen LogP contribution >= 0.6 is 0 Å². The second kappa shape index (κ2) is 5.68. The summed E-state index contributed by atoms with van der Waals surface area (Å²) < 4.78 is 0. The summed E-state index contributed by atoms with van der Waals surface area (Å²) in [5, 5.41) is 0. The quantitative estimate of drug-likeness (QED) is 0.661. The van der Waals surface area contributed by atoms with Gasteiger partial charge >= 0.3 is 0 Å². The van der Waals surface area contributed by atoms with Gasteiger partial charge in [-0.1, -0.05) is 20.8 Å². The first-order chi connectivity index (χ1) is 7.55. The molecule has 0 aliphatic heterocycles. The van der Waals surface area contributed by atoms with Gasteiger partial charge in [-0.15, -0.1) is 0 Å². The highest BCUT2D eigenvalue weighted by Gasteiger charge is 2.41. The summed E-state index contributed by atoms with van der Waals surface area (Å²) in [5.41, 5.74) is 0.312. The molecule has 1 fully saturated rings. The number of hydrogen-bond donors (Lipinski definition) is 0. The molecule has 0 aromatic carbocycles. The Kier molecular flexibility index (Phi) is 4.80. The van der Waals surface area contributed by atoms with Crippen molar-refractivity contribution in [2.45, 2.75) is 52.5 Å². The van der Waals surface area contributed by atoms with Gasteiger partial charge in [0.1, 0.15) is 0 Å². The van der Waals surface area contributed by atoms with E-state index in [1.165, 1.54) is 25.7 Å². The van der Waals surface area contributed by atoms with Gasteiger partial charge in [-0.05, 0) is 45.2 Å². The minimum atomic E-state index is 0.312. The molecule has 1 saturated carbocycles. The Morgan fingerprint density at radius 1 is 1.38 bits per heavy atom. The van der Waals surface area contributed by atoms with E-state index in [1.54, 1.807) is 0 Å². The van der Waals surface area contributed by atoms with Gasteiger partial charge in [-0.2, -0.15) is 0 Å². The molecule has 0 amide bonds. The Morgan fingerprint density at radius 2 is 1.94 bits per heavy atom. The molecule has 2 nitrogen and oxygen atoms in total. The van der Waals surface area contributed by atoms with Crippen molar-refractivity contribution < 1.29 is 0 Å². The smallest absolute Gasteiger partial charge is 0.220 e. The van der Waals surface area contributed by atoms with Crippen molar-refractivity contribution in [2.24, 2.45) is 11.3 Å². The Balaban J connectivity index is 2.60. The zero-order valence-corrected chi connectivity index (χ0v) is 11.3. The number of rotatable bonds is 4. The van der Waals surface area contributed by atoms with E-state index in [-0.39, 0.29) is 0 Å². The van der Waals surface area contributed by atoms with Crippen LogP contribution in [-0.2, 0) is 0 Å². The molecule has 0 bridgehead atoms. The van der Waals surface area contributed by atoms with Crippen LogP contribution in [0, 0.1) is 17.9 Å². The van der Waals surface area contributed by atoms with Crippen LogP contribution in [0.15, 0.2) is 0 Å². The topological polar surface area (TPSA) is 7.60 Å². The van der Waals surface area contributed by atoms with Crippen molar-refractivity contribution in [3.05, 3.63) is 11.4 Å². The second-order valence-corrected chi connectivity index (χ2v) is 5.64. The molecule has 0 radical (unpaired) electrons. The SMILES string of the molecule is [C-]#[N+]CC1(C(C)C)CCC(N(C)CC)CC1. The Labute approximate surface area is 101 Å². The fraction of sp³-hybridized carbons (Fsp3) is 0.929. The molecule has 1 rings (SSSR count). The average Bonchev–Trinajstić information content (AvgIpc) is 2.29. The first kappa shape index (κ1) is 13.5. The predicted octanol–water partition coefficient (Wildman–Crippen LogP) is 3.44. The summed E-state index contributed by atoms with van der Waals surface area (Å²) in [5.74, 6) is 0.648. The molecule has 16 heavy (non-hydrogen) atoms. The lowest BCUT2D eigenvalue weighted by atomic mass is 9.66. The lowest BCUT2D eigenvalue weighted by molar-refractivity contribution is 0.0805. The van der Waals surface area contributed by atoms with Crippen molar-refractivity contribution in [3.8, 4) is 0 Å². The highest BCUT2D eigenvalue weighted by Crippen LogP contribution is 2.43. The molecular formula is C14H26N2. The summed E-state index contributed by atoms with van der Waals surface area (Å²) in [6, 6.07) is 0.752. The van der Waals surface area contributed by atoms with Crippen LogP contribution in [0.25, 0.3) is 4.85 Å². The first-order valence-corrected chi connectivity index (χ1v) is 6.59. The zero-order chi connectivity index (χ0) is 12.2. The Bertz CT molecular complexity index is 244. The molecule has 1 aliphatic rings. The lowest BCUT2D eigenvalue weighted by Crippen LogP contribution is -2.42. The van der Waals surface area contributed by atoms with Gasteiger partial charge in [0.25, 0.3) is 0 Å². The van der Waals surface area contributed by atoms with Crippen LogP contribution in [-0.4, -0.2) is 31.1 Å². The molecule has 0 unspecified atom stereocenters. The van der Waals surface area contributed by atoms with Crippen LogP contribution in [0.2, 0.25) is 0 Å². The maximum Gasteiger partial charge on any atom is 0.220 e. The third kappa shape index (κ3) is 2.77. The van der Waals surface area contributed by atoms with E-state index in [4.69, 9.17) is 6.57 Å². The van der Waals surface area contributed by atoms with Crippen LogP contribution in [0.1, 0.15) is 46.5 Å². The number of nitrogens with zero attached hydrogens (tertiary/aromatic N) is 2. The fourth-order valence-electron chi connectivity index (χ4n) is 2.95. The summed E-state index contributed by atoms with van der Waals surface area (Å²) >= 11 is 0. The van der Waals surface area contributed by atoms with Gasteiger partial charge < -0.3 is 9.74 Å². The van der Waals surface area contributed by atoms with Crippen LogP contribution in [0.4, 0.5) is 0 Å². The zero-order valence-electron chi connectivity index (χ0n) is 11.3. The van der Waals surface area contributed by atoms with Crippen molar-refractivity contribution >= 4 is 0 Å². The van der Waals surface area contributed by atoms with Gasteiger partial charge in [0.05, 0.1) is 0 Å². The normalized spacial score (nSPS) is 30.7. The Morgan fingerprint density at radius 3 is 2.31 bits per heavy atom. The van der Waals surface area contributed by atoms with E-state index in [1.807, 2.05) is 0 Å². The molecule has 0 spiro atoms. The summed E-state index contributed by atoms with van der Waals surface area (Å²) in [6.45, 7) is 15.8. The maximum atomic E-state index is 7.14. The molecule has 0 heterocycles. The van der Waals surface area contributed by atoms with E-state index in [0.29, 0.717) is 11.3 Å². The molecule has 2 heteroatoms. The van der Waals surface area contributed by atoms with Crippen molar-refractivity contribution in [3.63, 3.8) is 0 Å². The monoisotopic (exact) mass is 222 g/mol. The minimum absolute atomic E-state index is 0.312. The molecule has 0 atom stereocenters. The summed E-state index contributed by atoms with van der Waals surface area (Å²) in [7, 11) is 2.22. The first-order valence-electron chi connectivity index (χ1n) is 6.59. The molecule has 0 aromatic heterocycles. The molecule has 0 aromatic rings. The fourth-order valence-corrected chi connectivity index (χ4v) is 2.95. The van der Waals surface area contributed by atoms with E-state index in [9.17, 15) is 0 Å². The minimum Gasteiger partial charge on any atom is -0.316 e. The molecule has 1 aliphatic carbocycles. The van der Waals surface area contributed by atoms with Crippen LogP contribution < -0.4 is 0 Å². The number of hydrogen-bond acceptors (Lipinski definition) is 1. The highest BCUT2D eigenvalue weighted by molar-refractivity contribution is 4.94. The van der Waals surface area contributed by atoms with E-state index in [2.05, 4.69) is 37.6 Å². The van der Waals surface area contributed by atoms with Crippen LogP contribution in [0.5, 0.6) is 0 Å². The predicted molar refractivity (Wildman–Crippen MR) is 69.3 cm³/mol. The van der Waals surface area contributed by atoms with Crippen molar-refractivity contribution in [2.75, 3.05) is 20.1 Å². The van der Waals surface area contributed by atoms with Gasteiger partial charge in [-0.3, -0.25) is 0 Å². The van der Waals surface area contributed by atoms with Gasteiger partial charge in [-0.25, -0.2) is 6.57 Å². The van der Waals surface area contributed by atoms with Crippen LogP contribution in [0.3, 0.4) is 0 Å². The molecular weight excluding hydrogens is 196 g/mol. The van der Waals surface area contributed by atoms with E-state index < -0.39 is 0 Å². The molecule has 0 saturated heterocycles. The second-order valence-electron chi connectivity index (χ2n) is 5.64. The van der Waals surface area contributed by atoms with Gasteiger partial charge in [0, 0.05) is 11.5 Å². The summed E-state index contributed by atoms with van der Waals surface area (Å²) in [6.07, 6.45) is 5.03. The van der Waals surface area contributed by atoms with Crippen molar-refractivity contribution in [1.29, 1.82) is 0 Å². The van der Waals surface area contributed by atoms with E-state index in [0.717, 1.165) is 19.1 Å². The standard InChI is InChI=1S/C14H26N2/c1-6-16(5)13-7-9-14(10-8-13,11-15-4)12(2)3/h12-13H,6-11H2,1-3,5H3. The van der Waals surface area contributed by atoms with Gasteiger partial charge in [0.15, 0.2) is 0 Å². The third-order valence-corrected chi connectivity index (χ3v) is 4.69. The lowest BCUT2D eigenvalue weighted by Gasteiger charge is -2.42. The molecule has 92 valence electrons. The van der Waals surface area contributed by atoms with Gasteiger partial charge in [0.2, 0.25) is 6.54 Å². The average molecular weight is 222 g/mol. The molecule has 0 N–H and O–H groups in total. The third-order valence-electron chi connectivity index (χ3n) is 4.69. The van der Waals surface area contributed by atoms with Crippen molar-refractivity contribution in [1.82, 2.24) is 4.90 Å². The highest BCUT2D eigenvalue weighted by atomic mass is 15.1. The Hall–Kier alpha value is -0.550. The van der Waals surface area contributed by atoms with E-state index >= 15 is 0 Å². The largest absolute Gasteiger partial charge is 0.316 e.